The first-order valence-electron chi connectivity index (χ1n) is 9.77. The van der Waals surface area contributed by atoms with E-state index in [1.807, 2.05) is 6.07 Å². The Morgan fingerprint density at radius 1 is 1.17 bits per heavy atom. The number of fused-ring (bicyclic) bond motifs is 1. The first-order chi connectivity index (χ1) is 14.0. The number of anilines is 1. The summed E-state index contributed by atoms with van der Waals surface area (Å²) < 4.78 is 5.56. The van der Waals surface area contributed by atoms with Crippen LogP contribution in [-0.4, -0.2) is 60.5 Å². The normalized spacial score (nSPS) is 16.2. The molecule has 1 amide bonds. The van der Waals surface area contributed by atoms with E-state index in [2.05, 4.69) is 22.3 Å². The Morgan fingerprint density at radius 3 is 2.69 bits per heavy atom. The number of amides is 1. The lowest BCUT2D eigenvalue weighted by Gasteiger charge is -2.34. The van der Waals surface area contributed by atoms with Gasteiger partial charge in [-0.3, -0.25) is 19.8 Å². The Bertz CT molecular complexity index is 938. The largest absolute Gasteiger partial charge is 0.493 e. The van der Waals surface area contributed by atoms with Crippen LogP contribution in [0.2, 0.25) is 0 Å². The summed E-state index contributed by atoms with van der Waals surface area (Å²) in [6.07, 6.45) is 0.962. The number of nitro groups is 1. The molecule has 1 saturated heterocycles. The Kier molecular flexibility index (Phi) is 5.35. The maximum absolute atomic E-state index is 12.8. The van der Waals surface area contributed by atoms with Crippen molar-refractivity contribution in [1.82, 2.24) is 9.80 Å². The second-order valence-electron chi connectivity index (χ2n) is 7.35. The van der Waals surface area contributed by atoms with Crippen molar-refractivity contribution in [2.75, 3.05) is 45.2 Å². The fourth-order valence-corrected chi connectivity index (χ4v) is 3.92. The molecule has 8 heteroatoms. The van der Waals surface area contributed by atoms with Crippen LogP contribution in [0, 0.1) is 10.1 Å². The molecule has 0 spiro atoms. The van der Waals surface area contributed by atoms with Crippen molar-refractivity contribution in [3.63, 3.8) is 0 Å². The van der Waals surface area contributed by atoms with Crippen molar-refractivity contribution >= 4 is 17.3 Å². The first kappa shape index (κ1) is 19.2. The summed E-state index contributed by atoms with van der Waals surface area (Å²) in [5.74, 6) is 0.827. The lowest BCUT2D eigenvalue weighted by atomic mass is 10.1. The van der Waals surface area contributed by atoms with Gasteiger partial charge < -0.3 is 15.0 Å². The van der Waals surface area contributed by atoms with Gasteiger partial charge in [0.15, 0.2) is 0 Å². The molecule has 29 heavy (non-hydrogen) atoms. The minimum Gasteiger partial charge on any atom is -0.493 e. The van der Waals surface area contributed by atoms with Gasteiger partial charge in [0, 0.05) is 57.8 Å². The van der Waals surface area contributed by atoms with Crippen LogP contribution >= 0.6 is 0 Å². The number of piperazine rings is 1. The van der Waals surface area contributed by atoms with E-state index in [9.17, 15) is 14.9 Å². The molecule has 1 fully saturated rings. The third-order valence-electron chi connectivity index (χ3n) is 5.53. The Hall–Kier alpha value is -3.13. The van der Waals surface area contributed by atoms with E-state index in [1.165, 1.54) is 17.2 Å². The molecule has 8 nitrogen and oxygen atoms in total. The average molecular weight is 396 g/mol. The number of nitrogens with one attached hydrogen (secondary N) is 1. The minimum absolute atomic E-state index is 0.0856. The van der Waals surface area contributed by atoms with E-state index in [4.69, 9.17) is 4.74 Å². The number of rotatable bonds is 5. The number of hydrogen-bond acceptors (Lipinski definition) is 6. The highest BCUT2D eigenvalue weighted by Gasteiger charge is 2.25. The number of carbonyl (C=O) groups excluding carboxylic acids is 1. The highest BCUT2D eigenvalue weighted by Crippen LogP contribution is 2.27. The maximum atomic E-state index is 12.8. The minimum atomic E-state index is -0.470. The molecule has 2 aromatic carbocycles. The SMILES string of the molecule is CNc1ccc(C(=O)N2CCN(Cc3ccc4c(c3)CCO4)CC2)cc1[N+](=O)[O-]. The summed E-state index contributed by atoms with van der Waals surface area (Å²) in [6, 6.07) is 10.9. The molecule has 0 unspecified atom stereocenters. The van der Waals surface area contributed by atoms with Gasteiger partial charge in [-0.25, -0.2) is 0 Å². The van der Waals surface area contributed by atoms with Gasteiger partial charge >= 0.3 is 0 Å². The Balaban J connectivity index is 1.37. The summed E-state index contributed by atoms with van der Waals surface area (Å²) in [7, 11) is 1.62. The van der Waals surface area contributed by atoms with Crippen molar-refractivity contribution in [1.29, 1.82) is 0 Å². The molecule has 2 aliphatic rings. The summed E-state index contributed by atoms with van der Waals surface area (Å²) >= 11 is 0. The molecule has 2 heterocycles. The Morgan fingerprint density at radius 2 is 1.97 bits per heavy atom. The van der Waals surface area contributed by atoms with Gasteiger partial charge in [-0.05, 0) is 29.3 Å². The predicted octanol–water partition coefficient (Wildman–Crippen LogP) is 2.53. The standard InChI is InChI=1S/C21H24N4O4/c1-22-18-4-3-17(13-19(18)25(27)28)21(26)24-9-7-23(8-10-24)14-15-2-5-20-16(12-15)6-11-29-20/h2-5,12-13,22H,6-11,14H2,1H3. The number of ether oxygens (including phenoxy) is 1. The molecule has 0 saturated carbocycles. The molecule has 0 atom stereocenters. The highest BCUT2D eigenvalue weighted by molar-refractivity contribution is 5.95. The molecule has 0 aliphatic carbocycles. The lowest BCUT2D eigenvalue weighted by molar-refractivity contribution is -0.384. The van der Waals surface area contributed by atoms with Crippen molar-refractivity contribution < 1.29 is 14.5 Å². The summed E-state index contributed by atoms with van der Waals surface area (Å²) in [4.78, 5) is 27.7. The number of carbonyl (C=O) groups is 1. The highest BCUT2D eigenvalue weighted by atomic mass is 16.6. The smallest absolute Gasteiger partial charge is 0.293 e. The van der Waals surface area contributed by atoms with Gasteiger partial charge in [0.05, 0.1) is 11.5 Å². The topological polar surface area (TPSA) is 88.0 Å². The first-order valence-corrected chi connectivity index (χ1v) is 9.77. The van der Waals surface area contributed by atoms with E-state index >= 15 is 0 Å². The van der Waals surface area contributed by atoms with Crippen LogP contribution in [0.3, 0.4) is 0 Å². The molecule has 152 valence electrons. The zero-order valence-electron chi connectivity index (χ0n) is 16.4. The molecule has 2 aliphatic heterocycles. The van der Waals surface area contributed by atoms with Crippen LogP contribution in [0.4, 0.5) is 11.4 Å². The summed E-state index contributed by atoms with van der Waals surface area (Å²) in [6.45, 7) is 4.36. The van der Waals surface area contributed by atoms with Gasteiger partial charge in [0.1, 0.15) is 11.4 Å². The second-order valence-corrected chi connectivity index (χ2v) is 7.35. The van der Waals surface area contributed by atoms with Crippen LogP contribution in [0.15, 0.2) is 36.4 Å². The lowest BCUT2D eigenvalue weighted by Crippen LogP contribution is -2.48. The molecule has 2 aromatic rings. The Labute approximate surface area is 169 Å². The molecule has 4 rings (SSSR count). The molecule has 0 bridgehead atoms. The monoisotopic (exact) mass is 396 g/mol. The van der Waals surface area contributed by atoms with Crippen molar-refractivity contribution in [2.45, 2.75) is 13.0 Å². The number of benzene rings is 2. The quantitative estimate of drug-likeness (QED) is 0.617. The van der Waals surface area contributed by atoms with Crippen LogP contribution < -0.4 is 10.1 Å². The van der Waals surface area contributed by atoms with Gasteiger partial charge in [-0.2, -0.15) is 0 Å². The van der Waals surface area contributed by atoms with Crippen LogP contribution in [0.1, 0.15) is 21.5 Å². The maximum Gasteiger partial charge on any atom is 0.293 e. The van der Waals surface area contributed by atoms with Crippen molar-refractivity contribution in [3.8, 4) is 5.75 Å². The molecular weight excluding hydrogens is 372 g/mol. The van der Waals surface area contributed by atoms with Gasteiger partial charge in [0.25, 0.3) is 11.6 Å². The average Bonchev–Trinajstić information content (AvgIpc) is 3.21. The number of hydrogen-bond donors (Lipinski definition) is 1. The van der Waals surface area contributed by atoms with Gasteiger partial charge in [0.2, 0.25) is 0 Å². The second kappa shape index (κ2) is 8.08. The summed E-state index contributed by atoms with van der Waals surface area (Å²) in [5, 5.41) is 14.0. The molecular formula is C21H24N4O4. The van der Waals surface area contributed by atoms with Crippen LogP contribution in [0.25, 0.3) is 0 Å². The number of nitro benzene ring substituents is 1. The van der Waals surface area contributed by atoms with E-state index in [1.54, 1.807) is 24.1 Å². The molecule has 0 aromatic heterocycles. The van der Waals surface area contributed by atoms with E-state index in [0.717, 1.165) is 38.4 Å². The van der Waals surface area contributed by atoms with E-state index < -0.39 is 4.92 Å². The van der Waals surface area contributed by atoms with Crippen molar-refractivity contribution in [3.05, 3.63) is 63.2 Å². The zero-order chi connectivity index (χ0) is 20.4. The van der Waals surface area contributed by atoms with Gasteiger partial charge in [-0.1, -0.05) is 12.1 Å². The number of nitrogens with zero attached hydrogens (tertiary/aromatic N) is 3. The third kappa shape index (κ3) is 4.02. The van der Waals surface area contributed by atoms with E-state index in [0.29, 0.717) is 24.3 Å². The van der Waals surface area contributed by atoms with Crippen LogP contribution in [-0.2, 0) is 13.0 Å². The van der Waals surface area contributed by atoms with Gasteiger partial charge in [-0.15, -0.1) is 0 Å². The molecule has 0 radical (unpaired) electrons. The van der Waals surface area contributed by atoms with Crippen molar-refractivity contribution in [2.24, 2.45) is 0 Å². The zero-order valence-corrected chi connectivity index (χ0v) is 16.4. The van der Waals surface area contributed by atoms with Crippen LogP contribution in [0.5, 0.6) is 5.75 Å². The van der Waals surface area contributed by atoms with E-state index in [-0.39, 0.29) is 11.6 Å². The third-order valence-corrected chi connectivity index (χ3v) is 5.53. The fourth-order valence-electron chi connectivity index (χ4n) is 3.92. The fraction of sp³-hybridized carbons (Fsp3) is 0.381. The molecule has 1 N–H and O–H groups in total. The predicted molar refractivity (Wildman–Crippen MR) is 109 cm³/mol. The summed E-state index contributed by atoms with van der Waals surface area (Å²) in [5.41, 5.74) is 3.19.